The molecule has 0 bridgehead atoms. The fourth-order valence-electron chi connectivity index (χ4n) is 2.76. The molecule has 0 aliphatic carbocycles. The molecule has 1 aliphatic heterocycles. The van der Waals surface area contributed by atoms with E-state index in [4.69, 9.17) is 0 Å². The second-order valence-electron chi connectivity index (χ2n) is 5.33. The Morgan fingerprint density at radius 2 is 2.00 bits per heavy atom. The molecule has 1 saturated heterocycles. The molecule has 0 aromatic heterocycles. The van der Waals surface area contributed by atoms with Gasteiger partial charge in [-0.2, -0.15) is 8.78 Å². The van der Waals surface area contributed by atoms with Gasteiger partial charge in [0.1, 0.15) is 11.3 Å². The zero-order chi connectivity index (χ0) is 15.5. The SMILES string of the molecule is CC(C(=O)O)(c1cccc(OC(F)F)c1)N1CCCCC1. The molecule has 1 atom stereocenters. The Balaban J connectivity index is 2.35. The molecule has 21 heavy (non-hydrogen) atoms. The largest absolute Gasteiger partial charge is 0.480 e. The van der Waals surface area contributed by atoms with E-state index in [1.807, 2.05) is 4.90 Å². The van der Waals surface area contributed by atoms with Gasteiger partial charge in [-0.05, 0) is 50.6 Å². The first-order chi connectivity index (χ1) is 9.94. The van der Waals surface area contributed by atoms with Crippen LogP contribution in [-0.2, 0) is 10.3 Å². The molecule has 0 spiro atoms. The van der Waals surface area contributed by atoms with Crippen molar-refractivity contribution in [3.63, 3.8) is 0 Å². The molecule has 1 unspecified atom stereocenters. The summed E-state index contributed by atoms with van der Waals surface area (Å²) in [5, 5.41) is 9.68. The fraction of sp³-hybridized carbons (Fsp3) is 0.533. The Bertz CT molecular complexity index is 503. The molecular formula is C15H19F2NO3. The second-order valence-corrected chi connectivity index (χ2v) is 5.33. The van der Waals surface area contributed by atoms with Crippen LogP contribution in [0.1, 0.15) is 31.7 Å². The molecule has 116 valence electrons. The van der Waals surface area contributed by atoms with Crippen LogP contribution in [-0.4, -0.2) is 35.7 Å². The molecule has 6 heteroatoms. The molecule has 1 aromatic rings. The number of halogens is 2. The summed E-state index contributed by atoms with van der Waals surface area (Å²) in [5.41, 5.74) is -0.780. The van der Waals surface area contributed by atoms with E-state index in [2.05, 4.69) is 4.74 Å². The molecule has 0 radical (unpaired) electrons. The first kappa shape index (κ1) is 15.7. The van der Waals surface area contributed by atoms with Gasteiger partial charge in [0.15, 0.2) is 0 Å². The number of ether oxygens (including phenoxy) is 1. The Hall–Kier alpha value is -1.69. The molecular weight excluding hydrogens is 280 g/mol. The van der Waals surface area contributed by atoms with Crippen LogP contribution in [0.3, 0.4) is 0 Å². The van der Waals surface area contributed by atoms with Gasteiger partial charge in [-0.3, -0.25) is 4.90 Å². The van der Waals surface area contributed by atoms with Gasteiger partial charge in [0, 0.05) is 0 Å². The van der Waals surface area contributed by atoms with Crippen LogP contribution in [0.4, 0.5) is 8.78 Å². The summed E-state index contributed by atoms with van der Waals surface area (Å²) in [6, 6.07) is 5.96. The minimum atomic E-state index is -2.92. The number of aliphatic carboxylic acids is 1. The minimum Gasteiger partial charge on any atom is -0.480 e. The van der Waals surface area contributed by atoms with Crippen molar-refractivity contribution in [3.8, 4) is 5.75 Å². The number of alkyl halides is 2. The number of hydrogen-bond acceptors (Lipinski definition) is 3. The molecule has 1 aromatic carbocycles. The number of carboxylic acid groups (broad SMARTS) is 1. The standard InChI is InChI=1S/C15H19F2NO3/c1-15(13(19)20,18-8-3-2-4-9-18)11-6-5-7-12(10-11)21-14(16)17/h5-7,10,14H,2-4,8-9H2,1H3,(H,19,20). The van der Waals surface area contributed by atoms with Crippen LogP contribution in [0.2, 0.25) is 0 Å². The average Bonchev–Trinajstić information content (AvgIpc) is 2.46. The number of hydrogen-bond donors (Lipinski definition) is 1. The van der Waals surface area contributed by atoms with Crippen molar-refractivity contribution in [1.82, 2.24) is 4.90 Å². The summed E-state index contributed by atoms with van der Waals surface area (Å²) in [4.78, 5) is 13.7. The Morgan fingerprint density at radius 1 is 1.33 bits per heavy atom. The topological polar surface area (TPSA) is 49.8 Å². The summed E-state index contributed by atoms with van der Waals surface area (Å²) in [6.07, 6.45) is 2.97. The highest BCUT2D eigenvalue weighted by molar-refractivity contribution is 5.80. The zero-order valence-electron chi connectivity index (χ0n) is 11.9. The maximum Gasteiger partial charge on any atom is 0.387 e. The molecule has 1 fully saturated rings. The van der Waals surface area contributed by atoms with Crippen molar-refractivity contribution in [2.75, 3.05) is 13.1 Å². The lowest BCUT2D eigenvalue weighted by molar-refractivity contribution is -0.152. The van der Waals surface area contributed by atoms with Gasteiger partial charge in [0.2, 0.25) is 0 Å². The third-order valence-electron chi connectivity index (χ3n) is 4.03. The molecule has 0 amide bonds. The second kappa shape index (κ2) is 6.39. The van der Waals surface area contributed by atoms with E-state index < -0.39 is 18.1 Å². The molecule has 0 saturated carbocycles. The monoisotopic (exact) mass is 299 g/mol. The van der Waals surface area contributed by atoms with Crippen molar-refractivity contribution in [2.45, 2.75) is 38.3 Å². The number of rotatable bonds is 5. The van der Waals surface area contributed by atoms with Crippen LogP contribution in [0.15, 0.2) is 24.3 Å². The summed E-state index contributed by atoms with van der Waals surface area (Å²) < 4.78 is 29.0. The smallest absolute Gasteiger partial charge is 0.387 e. The Kier molecular flexibility index (Phi) is 4.77. The molecule has 1 N–H and O–H groups in total. The lowest BCUT2D eigenvalue weighted by atomic mass is 9.88. The van der Waals surface area contributed by atoms with Crippen molar-refractivity contribution < 1.29 is 23.4 Å². The quantitative estimate of drug-likeness (QED) is 0.908. The van der Waals surface area contributed by atoms with Crippen LogP contribution >= 0.6 is 0 Å². The lowest BCUT2D eigenvalue weighted by Gasteiger charge is -2.40. The van der Waals surface area contributed by atoms with Crippen molar-refractivity contribution in [3.05, 3.63) is 29.8 Å². The molecule has 1 heterocycles. The van der Waals surface area contributed by atoms with Crippen molar-refractivity contribution in [2.24, 2.45) is 0 Å². The maximum absolute atomic E-state index is 12.3. The normalized spacial score (nSPS) is 19.2. The van der Waals surface area contributed by atoms with Gasteiger partial charge in [-0.15, -0.1) is 0 Å². The molecule has 4 nitrogen and oxygen atoms in total. The highest BCUT2D eigenvalue weighted by atomic mass is 19.3. The molecule has 2 rings (SSSR count). The average molecular weight is 299 g/mol. The number of carbonyl (C=O) groups is 1. The Morgan fingerprint density at radius 3 is 2.57 bits per heavy atom. The summed E-state index contributed by atoms with van der Waals surface area (Å²) in [6.45, 7) is 0.0551. The maximum atomic E-state index is 12.3. The van der Waals surface area contributed by atoms with Crippen LogP contribution in [0.5, 0.6) is 5.75 Å². The van der Waals surface area contributed by atoms with Crippen molar-refractivity contribution in [1.29, 1.82) is 0 Å². The van der Waals surface area contributed by atoms with Gasteiger partial charge < -0.3 is 9.84 Å². The van der Waals surface area contributed by atoms with E-state index >= 15 is 0 Å². The van der Waals surface area contributed by atoms with E-state index in [1.54, 1.807) is 13.0 Å². The summed E-state index contributed by atoms with van der Waals surface area (Å²) >= 11 is 0. The fourth-order valence-corrected chi connectivity index (χ4v) is 2.76. The van der Waals surface area contributed by atoms with E-state index in [-0.39, 0.29) is 5.75 Å². The lowest BCUT2D eigenvalue weighted by Crippen LogP contribution is -2.51. The van der Waals surface area contributed by atoms with E-state index in [1.165, 1.54) is 18.2 Å². The van der Waals surface area contributed by atoms with Gasteiger partial charge >= 0.3 is 12.6 Å². The van der Waals surface area contributed by atoms with E-state index in [0.717, 1.165) is 19.3 Å². The van der Waals surface area contributed by atoms with Gasteiger partial charge in [-0.25, -0.2) is 4.79 Å². The minimum absolute atomic E-state index is 0.0213. The number of piperidine rings is 1. The molecule has 1 aliphatic rings. The Labute approximate surface area is 122 Å². The summed E-state index contributed by atoms with van der Waals surface area (Å²) in [5.74, 6) is -1.01. The van der Waals surface area contributed by atoms with Gasteiger partial charge in [0.25, 0.3) is 0 Å². The van der Waals surface area contributed by atoms with Gasteiger partial charge in [-0.1, -0.05) is 18.6 Å². The predicted molar refractivity (Wildman–Crippen MR) is 73.5 cm³/mol. The number of benzene rings is 1. The van der Waals surface area contributed by atoms with Gasteiger partial charge in [0.05, 0.1) is 0 Å². The van der Waals surface area contributed by atoms with Crippen LogP contribution < -0.4 is 4.74 Å². The first-order valence-corrected chi connectivity index (χ1v) is 6.98. The van der Waals surface area contributed by atoms with Crippen LogP contribution in [0, 0.1) is 0 Å². The highest BCUT2D eigenvalue weighted by Gasteiger charge is 2.41. The number of nitrogens with zero attached hydrogens (tertiary/aromatic N) is 1. The predicted octanol–water partition coefficient (Wildman–Crippen LogP) is 3.07. The first-order valence-electron chi connectivity index (χ1n) is 6.98. The number of carboxylic acids is 1. The highest BCUT2D eigenvalue weighted by Crippen LogP contribution is 2.33. The zero-order valence-corrected chi connectivity index (χ0v) is 11.9. The third kappa shape index (κ3) is 3.32. The van der Waals surface area contributed by atoms with E-state index in [9.17, 15) is 18.7 Å². The van der Waals surface area contributed by atoms with E-state index in [0.29, 0.717) is 18.7 Å². The van der Waals surface area contributed by atoms with Crippen LogP contribution in [0.25, 0.3) is 0 Å². The van der Waals surface area contributed by atoms with Crippen molar-refractivity contribution >= 4 is 5.97 Å². The number of likely N-dealkylation sites (tertiary alicyclic amines) is 1. The summed E-state index contributed by atoms with van der Waals surface area (Å²) in [7, 11) is 0. The third-order valence-corrected chi connectivity index (χ3v) is 4.03.